The Kier molecular flexibility index (Phi) is 4.70. The van der Waals surface area contributed by atoms with Crippen LogP contribution in [0.3, 0.4) is 0 Å². The molecule has 1 aromatic heterocycles. The van der Waals surface area contributed by atoms with E-state index < -0.39 is 0 Å². The topological polar surface area (TPSA) is 93.8 Å². The number of piperazine rings is 1. The molecule has 2 aliphatic heterocycles. The minimum atomic E-state index is -0.292. The van der Waals surface area contributed by atoms with E-state index in [2.05, 4.69) is 20.9 Å². The summed E-state index contributed by atoms with van der Waals surface area (Å²) in [4.78, 5) is 54.9. The number of rotatable bonds is 3. The highest BCUT2D eigenvalue weighted by Crippen LogP contribution is 2.15. The maximum atomic E-state index is 12.3. The van der Waals surface area contributed by atoms with Crippen LogP contribution in [0.25, 0.3) is 0 Å². The molecule has 1 N–H and O–H groups in total. The summed E-state index contributed by atoms with van der Waals surface area (Å²) >= 11 is 3.29. The first-order valence-electron chi connectivity index (χ1n) is 7.70. The van der Waals surface area contributed by atoms with Crippen LogP contribution < -0.4 is 0 Å². The lowest BCUT2D eigenvalue weighted by Crippen LogP contribution is -2.53. The second-order valence-electron chi connectivity index (χ2n) is 5.78. The van der Waals surface area contributed by atoms with E-state index in [1.807, 2.05) is 0 Å². The number of H-pyrrole nitrogens is 1. The van der Waals surface area contributed by atoms with Crippen molar-refractivity contribution in [3.8, 4) is 0 Å². The van der Waals surface area contributed by atoms with Crippen LogP contribution >= 0.6 is 15.9 Å². The summed E-state index contributed by atoms with van der Waals surface area (Å²) in [6.07, 6.45) is 2.05. The van der Waals surface area contributed by atoms with E-state index in [4.69, 9.17) is 0 Å². The third-order valence-corrected chi connectivity index (χ3v) is 4.70. The van der Waals surface area contributed by atoms with Crippen LogP contribution in [0.2, 0.25) is 0 Å². The van der Waals surface area contributed by atoms with Crippen molar-refractivity contribution in [2.75, 3.05) is 32.7 Å². The van der Waals surface area contributed by atoms with E-state index in [9.17, 15) is 19.2 Å². The summed E-state index contributed by atoms with van der Waals surface area (Å²) < 4.78 is 0.805. The molecule has 4 amide bonds. The summed E-state index contributed by atoms with van der Waals surface area (Å²) in [7, 11) is 0. The van der Waals surface area contributed by atoms with Gasteiger partial charge in [0.15, 0.2) is 0 Å². The Morgan fingerprint density at radius 3 is 2.17 bits per heavy atom. The normalized spacial score (nSPS) is 18.5. The highest BCUT2D eigenvalue weighted by molar-refractivity contribution is 9.10. The molecule has 0 spiro atoms. The van der Waals surface area contributed by atoms with Crippen molar-refractivity contribution in [3.63, 3.8) is 0 Å². The fourth-order valence-electron chi connectivity index (χ4n) is 2.86. The molecule has 0 atom stereocenters. The molecule has 3 rings (SSSR count). The Morgan fingerprint density at radius 2 is 1.62 bits per heavy atom. The zero-order valence-electron chi connectivity index (χ0n) is 13.0. The predicted molar refractivity (Wildman–Crippen MR) is 86.9 cm³/mol. The van der Waals surface area contributed by atoms with E-state index >= 15 is 0 Å². The van der Waals surface area contributed by atoms with Gasteiger partial charge in [-0.15, -0.1) is 0 Å². The standard InChI is InChI=1S/C15H17BrN4O4/c16-10-7-11(17-8-10)15(24)19-5-3-18(4-6-19)14(23)9-20-12(21)1-2-13(20)22/h7-8,17H,1-6,9H2. The Morgan fingerprint density at radius 1 is 1.04 bits per heavy atom. The molecule has 0 radical (unpaired) electrons. The Hall–Kier alpha value is -2.16. The van der Waals surface area contributed by atoms with Gasteiger partial charge in [0.1, 0.15) is 12.2 Å². The van der Waals surface area contributed by atoms with Crippen LogP contribution in [0.5, 0.6) is 0 Å². The van der Waals surface area contributed by atoms with Crippen molar-refractivity contribution in [1.29, 1.82) is 0 Å². The molecule has 0 aromatic carbocycles. The highest BCUT2D eigenvalue weighted by Gasteiger charge is 2.33. The maximum absolute atomic E-state index is 12.3. The maximum Gasteiger partial charge on any atom is 0.270 e. The zero-order valence-corrected chi connectivity index (χ0v) is 14.5. The summed E-state index contributed by atoms with van der Waals surface area (Å²) in [6, 6.07) is 1.71. The first kappa shape index (κ1) is 16.7. The molecule has 9 heteroatoms. The molecule has 2 aliphatic rings. The number of nitrogens with zero attached hydrogens (tertiary/aromatic N) is 3. The minimum Gasteiger partial charge on any atom is -0.356 e. The van der Waals surface area contributed by atoms with Gasteiger partial charge in [-0.2, -0.15) is 0 Å². The lowest BCUT2D eigenvalue weighted by atomic mass is 10.2. The molecule has 128 valence electrons. The molecular weight excluding hydrogens is 380 g/mol. The van der Waals surface area contributed by atoms with Crippen LogP contribution in [0.1, 0.15) is 23.3 Å². The number of carbonyl (C=O) groups is 4. The van der Waals surface area contributed by atoms with Crippen molar-refractivity contribution >= 4 is 39.6 Å². The van der Waals surface area contributed by atoms with Gasteiger partial charge in [0.05, 0.1) is 0 Å². The smallest absolute Gasteiger partial charge is 0.270 e. The summed E-state index contributed by atoms with van der Waals surface area (Å²) in [5.74, 6) is -0.954. The van der Waals surface area contributed by atoms with Gasteiger partial charge in [0.25, 0.3) is 5.91 Å². The van der Waals surface area contributed by atoms with Crippen LogP contribution in [-0.2, 0) is 14.4 Å². The lowest BCUT2D eigenvalue weighted by molar-refractivity contribution is -0.146. The molecule has 0 aliphatic carbocycles. The van der Waals surface area contributed by atoms with Crippen LogP contribution in [-0.4, -0.2) is 76.0 Å². The molecule has 2 fully saturated rings. The Labute approximate surface area is 146 Å². The Balaban J connectivity index is 1.53. The number of imide groups is 1. The Bertz CT molecular complexity index is 677. The van der Waals surface area contributed by atoms with Gasteiger partial charge in [0.2, 0.25) is 17.7 Å². The van der Waals surface area contributed by atoms with Crippen molar-refractivity contribution in [1.82, 2.24) is 19.7 Å². The number of halogens is 1. The first-order valence-corrected chi connectivity index (χ1v) is 8.49. The van der Waals surface area contributed by atoms with Gasteiger partial charge in [-0.3, -0.25) is 24.1 Å². The second kappa shape index (κ2) is 6.76. The molecule has 8 nitrogen and oxygen atoms in total. The minimum absolute atomic E-state index is 0.113. The average molecular weight is 397 g/mol. The van der Waals surface area contributed by atoms with Crippen molar-refractivity contribution in [3.05, 3.63) is 22.4 Å². The van der Waals surface area contributed by atoms with E-state index in [0.717, 1.165) is 9.37 Å². The number of carbonyl (C=O) groups excluding carboxylic acids is 4. The van der Waals surface area contributed by atoms with Gasteiger partial charge < -0.3 is 14.8 Å². The molecule has 1 aromatic rings. The van der Waals surface area contributed by atoms with Crippen LogP contribution in [0.4, 0.5) is 0 Å². The molecule has 3 heterocycles. The predicted octanol–water partition coefficient (Wildman–Crippen LogP) is 0.211. The van der Waals surface area contributed by atoms with Crippen molar-refractivity contribution < 1.29 is 19.2 Å². The van der Waals surface area contributed by atoms with Crippen molar-refractivity contribution in [2.45, 2.75) is 12.8 Å². The van der Waals surface area contributed by atoms with Gasteiger partial charge >= 0.3 is 0 Å². The number of nitrogens with one attached hydrogen (secondary N) is 1. The number of hydrogen-bond donors (Lipinski definition) is 1. The molecule has 0 saturated carbocycles. The third-order valence-electron chi connectivity index (χ3n) is 4.25. The molecule has 0 unspecified atom stereocenters. The summed E-state index contributed by atoms with van der Waals surface area (Å²) in [6.45, 7) is 1.42. The number of hydrogen-bond acceptors (Lipinski definition) is 4. The van der Waals surface area contributed by atoms with Crippen molar-refractivity contribution in [2.24, 2.45) is 0 Å². The lowest BCUT2D eigenvalue weighted by Gasteiger charge is -2.35. The van der Waals surface area contributed by atoms with E-state index in [1.165, 1.54) is 0 Å². The van der Waals surface area contributed by atoms with Gasteiger partial charge in [-0.25, -0.2) is 0 Å². The monoisotopic (exact) mass is 396 g/mol. The second-order valence-corrected chi connectivity index (χ2v) is 6.69. The number of likely N-dealkylation sites (tertiary alicyclic amines) is 1. The largest absolute Gasteiger partial charge is 0.356 e. The number of aromatic amines is 1. The first-order chi connectivity index (χ1) is 11.5. The number of amides is 4. The van der Waals surface area contributed by atoms with E-state index in [1.54, 1.807) is 22.1 Å². The highest BCUT2D eigenvalue weighted by atomic mass is 79.9. The molecule has 0 bridgehead atoms. The quantitative estimate of drug-likeness (QED) is 0.738. The van der Waals surface area contributed by atoms with Crippen LogP contribution in [0.15, 0.2) is 16.7 Å². The fourth-order valence-corrected chi connectivity index (χ4v) is 3.20. The van der Waals surface area contributed by atoms with Gasteiger partial charge in [-0.1, -0.05) is 0 Å². The molecule has 2 saturated heterocycles. The average Bonchev–Trinajstić information content (AvgIpc) is 3.15. The molecular formula is C15H17BrN4O4. The van der Waals surface area contributed by atoms with E-state index in [-0.39, 0.29) is 43.0 Å². The third kappa shape index (κ3) is 3.35. The van der Waals surface area contributed by atoms with E-state index in [0.29, 0.717) is 31.9 Å². The van der Waals surface area contributed by atoms with Gasteiger partial charge in [-0.05, 0) is 22.0 Å². The summed E-state index contributed by atoms with van der Waals surface area (Å²) in [5.41, 5.74) is 0.495. The number of aromatic nitrogens is 1. The SMILES string of the molecule is O=C(CN1C(=O)CCC1=O)N1CCN(C(=O)c2cc(Br)c[nH]2)CC1. The fraction of sp³-hybridized carbons (Fsp3) is 0.467. The zero-order chi connectivity index (χ0) is 17.3. The summed E-state index contributed by atoms with van der Waals surface area (Å²) in [5, 5.41) is 0. The van der Waals surface area contributed by atoms with Gasteiger partial charge in [0, 0.05) is 49.7 Å². The van der Waals surface area contributed by atoms with Crippen LogP contribution in [0, 0.1) is 0 Å². The molecule has 24 heavy (non-hydrogen) atoms.